The molecule has 0 amide bonds. The van der Waals surface area contributed by atoms with Crippen LogP contribution in [0.25, 0.3) is 48.6 Å². The van der Waals surface area contributed by atoms with Crippen LogP contribution in [0.4, 0.5) is 0 Å². The molecule has 0 unspecified atom stereocenters. The third-order valence-corrected chi connectivity index (χ3v) is 8.33. The molecule has 1 aliphatic heterocycles. The van der Waals surface area contributed by atoms with Crippen molar-refractivity contribution < 1.29 is 19.8 Å². The first-order valence-corrected chi connectivity index (χ1v) is 14.4. The lowest BCUT2D eigenvalue weighted by molar-refractivity contribution is -0.138. The molecule has 224 valence electrons. The summed E-state index contributed by atoms with van der Waals surface area (Å²) >= 11 is 0. The average Bonchev–Trinajstić information content (AvgIpc) is 3.67. The molecule has 4 aromatic rings. The van der Waals surface area contributed by atoms with Gasteiger partial charge in [-0.2, -0.15) is 0 Å². The summed E-state index contributed by atoms with van der Waals surface area (Å²) in [5.74, 6) is -1.77. The predicted octanol–water partition coefficient (Wildman–Crippen LogP) is 3.85. The number of hydrogen-bond donors (Lipinski definition) is 6. The van der Waals surface area contributed by atoms with Gasteiger partial charge in [0.25, 0.3) is 0 Å². The minimum absolute atomic E-state index is 0.0291. The summed E-state index contributed by atoms with van der Waals surface area (Å²) in [5, 5.41) is 22.2. The smallest absolute Gasteiger partial charge is 0.303 e. The fraction of sp³-hybridized carbons (Fsp3) is 0.167. The molecule has 8 bridgehead atoms. The van der Waals surface area contributed by atoms with Crippen LogP contribution >= 0.6 is 0 Å². The van der Waals surface area contributed by atoms with Crippen LogP contribution in [0.1, 0.15) is 80.1 Å². The molecule has 0 spiro atoms. The largest absolute Gasteiger partial charge is 0.481 e. The SMILES string of the molecule is C=Cc1c2[nH]c(c1C=C)/C=c1\[nH]/c(c(CCC(=O)O)c1C)=C\c1[nH]c(c(C)c1CCC(=O)O)C=c1[nH]c(c(C=C)c1C=C)=C2. The Bertz CT molecular complexity index is 2130. The molecule has 0 radical (unpaired) electrons. The normalized spacial score (nSPS) is 13.4. The van der Waals surface area contributed by atoms with Crippen LogP contribution in [0.3, 0.4) is 0 Å². The van der Waals surface area contributed by atoms with Crippen LogP contribution in [0, 0.1) is 13.8 Å². The van der Waals surface area contributed by atoms with E-state index < -0.39 is 11.9 Å². The Labute approximate surface area is 254 Å². The van der Waals surface area contributed by atoms with E-state index in [4.69, 9.17) is 0 Å². The number of aromatic amines is 4. The third-order valence-electron chi connectivity index (χ3n) is 8.33. The number of carbonyl (C=O) groups is 2. The summed E-state index contributed by atoms with van der Waals surface area (Å²) in [6.07, 6.45) is 15.7. The summed E-state index contributed by atoms with van der Waals surface area (Å²) in [6, 6.07) is 0. The zero-order valence-electron chi connectivity index (χ0n) is 25.0. The van der Waals surface area contributed by atoms with E-state index in [0.29, 0.717) is 12.8 Å². The van der Waals surface area contributed by atoms with Crippen LogP contribution in [0.15, 0.2) is 26.3 Å². The molecule has 0 aromatic carbocycles. The molecule has 4 aromatic heterocycles. The van der Waals surface area contributed by atoms with Gasteiger partial charge in [-0.1, -0.05) is 50.6 Å². The van der Waals surface area contributed by atoms with Gasteiger partial charge in [-0.25, -0.2) is 0 Å². The number of fused-ring (bicyclic) bond motifs is 8. The first kappa shape index (κ1) is 30.0. The Hall–Kier alpha value is -5.50. The summed E-state index contributed by atoms with van der Waals surface area (Å²) in [4.78, 5) is 37.3. The zero-order chi connectivity index (χ0) is 31.7. The number of rotatable bonds is 10. The van der Waals surface area contributed by atoms with Crippen molar-refractivity contribution in [2.24, 2.45) is 0 Å². The Morgan fingerprint density at radius 3 is 1.52 bits per heavy atom. The molecule has 44 heavy (non-hydrogen) atoms. The van der Waals surface area contributed by atoms with E-state index in [1.54, 1.807) is 24.3 Å². The molecule has 6 N–H and O–H groups in total. The van der Waals surface area contributed by atoms with Crippen molar-refractivity contribution in [3.8, 4) is 0 Å². The van der Waals surface area contributed by atoms with E-state index in [1.807, 2.05) is 38.2 Å². The number of aliphatic carboxylic acids is 2. The molecule has 0 saturated carbocycles. The van der Waals surface area contributed by atoms with Crippen molar-refractivity contribution >= 4 is 60.5 Å². The molecule has 5 rings (SSSR count). The van der Waals surface area contributed by atoms with Crippen LogP contribution in [0.5, 0.6) is 0 Å². The van der Waals surface area contributed by atoms with Gasteiger partial charge in [0, 0.05) is 79.3 Å². The van der Waals surface area contributed by atoms with Crippen LogP contribution in [0.2, 0.25) is 0 Å². The molecular weight excluding hydrogens is 552 g/mol. The summed E-state index contributed by atoms with van der Waals surface area (Å²) in [6.45, 7) is 20.2. The van der Waals surface area contributed by atoms with Crippen LogP contribution < -0.4 is 21.4 Å². The lowest BCUT2D eigenvalue weighted by Gasteiger charge is -2.01. The minimum atomic E-state index is -0.883. The van der Waals surface area contributed by atoms with Crippen molar-refractivity contribution in [3.05, 3.63) is 115 Å². The highest BCUT2D eigenvalue weighted by Crippen LogP contribution is 2.25. The molecule has 8 heteroatoms. The van der Waals surface area contributed by atoms with Gasteiger partial charge in [0.15, 0.2) is 0 Å². The van der Waals surface area contributed by atoms with Gasteiger partial charge in [-0.3, -0.25) is 9.59 Å². The minimum Gasteiger partial charge on any atom is -0.481 e. The van der Waals surface area contributed by atoms with E-state index in [-0.39, 0.29) is 12.8 Å². The molecule has 5 heterocycles. The highest BCUT2D eigenvalue weighted by Gasteiger charge is 2.17. The van der Waals surface area contributed by atoms with E-state index in [9.17, 15) is 19.8 Å². The molecule has 1 aliphatic rings. The average molecular weight is 589 g/mol. The quantitative estimate of drug-likeness (QED) is 0.148. The second kappa shape index (κ2) is 12.0. The maximum Gasteiger partial charge on any atom is 0.303 e. The summed E-state index contributed by atoms with van der Waals surface area (Å²) in [7, 11) is 0. The number of hydrogen-bond acceptors (Lipinski definition) is 2. The fourth-order valence-corrected chi connectivity index (χ4v) is 6.05. The summed E-state index contributed by atoms with van der Waals surface area (Å²) in [5.41, 5.74) is 10.4. The number of aromatic nitrogens is 4. The van der Waals surface area contributed by atoms with Crippen molar-refractivity contribution in [3.63, 3.8) is 0 Å². The fourth-order valence-electron chi connectivity index (χ4n) is 6.05. The number of carboxylic acids is 2. The molecule has 0 atom stereocenters. The summed E-state index contributed by atoms with van der Waals surface area (Å²) < 4.78 is 0. The Balaban J connectivity index is 1.96. The number of carboxylic acid groups (broad SMARTS) is 2. The maximum atomic E-state index is 11.6. The zero-order valence-corrected chi connectivity index (χ0v) is 25.0. The molecule has 0 aliphatic carbocycles. The lowest BCUT2D eigenvalue weighted by atomic mass is 10.0. The van der Waals surface area contributed by atoms with Gasteiger partial charge in [0.05, 0.1) is 0 Å². The second-order valence-electron chi connectivity index (χ2n) is 10.9. The van der Waals surface area contributed by atoms with Crippen molar-refractivity contribution in [2.45, 2.75) is 39.5 Å². The van der Waals surface area contributed by atoms with Crippen molar-refractivity contribution in [1.82, 2.24) is 19.9 Å². The van der Waals surface area contributed by atoms with Gasteiger partial charge in [0.1, 0.15) is 0 Å². The number of H-pyrrole nitrogens is 4. The third kappa shape index (κ3) is 5.38. The highest BCUT2D eigenvalue weighted by molar-refractivity contribution is 5.79. The van der Waals surface area contributed by atoms with Crippen molar-refractivity contribution in [2.75, 3.05) is 0 Å². The molecule has 0 fully saturated rings. The van der Waals surface area contributed by atoms with Crippen molar-refractivity contribution in [1.29, 1.82) is 0 Å². The van der Waals surface area contributed by atoms with Crippen LogP contribution in [-0.4, -0.2) is 42.1 Å². The predicted molar refractivity (Wildman–Crippen MR) is 178 cm³/mol. The highest BCUT2D eigenvalue weighted by atomic mass is 16.4. The van der Waals surface area contributed by atoms with Crippen LogP contribution in [-0.2, 0) is 22.4 Å². The lowest BCUT2D eigenvalue weighted by Crippen LogP contribution is -2.14. The second-order valence-corrected chi connectivity index (χ2v) is 10.9. The van der Waals surface area contributed by atoms with E-state index >= 15 is 0 Å². The Morgan fingerprint density at radius 2 is 1.00 bits per heavy atom. The van der Waals surface area contributed by atoms with Gasteiger partial charge >= 0.3 is 11.9 Å². The van der Waals surface area contributed by atoms with E-state index in [0.717, 1.165) is 88.7 Å². The molecular formula is C36H36N4O4. The topological polar surface area (TPSA) is 138 Å². The number of nitrogens with one attached hydrogen (secondary N) is 4. The van der Waals surface area contributed by atoms with Gasteiger partial charge in [-0.05, 0) is 73.2 Å². The maximum absolute atomic E-state index is 11.6. The van der Waals surface area contributed by atoms with Gasteiger partial charge in [-0.15, -0.1) is 0 Å². The molecule has 0 saturated heterocycles. The first-order valence-electron chi connectivity index (χ1n) is 14.4. The first-order chi connectivity index (χ1) is 21.1. The Kier molecular flexibility index (Phi) is 8.18. The monoisotopic (exact) mass is 588 g/mol. The van der Waals surface area contributed by atoms with Gasteiger partial charge in [0.2, 0.25) is 0 Å². The Morgan fingerprint density at radius 1 is 0.568 bits per heavy atom. The molecule has 8 nitrogen and oxygen atoms in total. The van der Waals surface area contributed by atoms with Gasteiger partial charge < -0.3 is 30.1 Å². The van der Waals surface area contributed by atoms with E-state index in [2.05, 4.69) is 46.3 Å². The standard InChI is InChI=1S/C36H36N4O4/c1-7-21-23(9-3)31-17-32-24(10-4)22(8-2)30(40-32)16-28-20(6)26(12-14-36(43)44)34(38-28)18-33-25(11-13-35(41)42)19(5)27(37-33)15-29(21)39-31/h7-10,15-18,37-40H,1-4,11-14H2,5-6H3,(H,41,42)(H,43,44)/b27-15-,28-16?,29-15?,30-16?,31-17?,32-17?,33-18-,34-18?. The van der Waals surface area contributed by atoms with E-state index in [1.165, 1.54) is 0 Å².